The molecule has 0 radical (unpaired) electrons. The second-order valence-electron chi connectivity index (χ2n) is 10.6. The maximum absolute atomic E-state index is 13.7. The van der Waals surface area contributed by atoms with Crippen molar-refractivity contribution in [2.45, 2.75) is 30.9 Å². The summed E-state index contributed by atoms with van der Waals surface area (Å²) in [5.74, 6) is 0.750. The molecule has 3 aromatic carbocycles. The van der Waals surface area contributed by atoms with Crippen molar-refractivity contribution in [1.82, 2.24) is 9.80 Å². The molecule has 3 N–H and O–H groups in total. The Morgan fingerprint density at radius 3 is 2.49 bits per heavy atom. The van der Waals surface area contributed by atoms with Crippen LogP contribution in [-0.4, -0.2) is 80.9 Å². The molecule has 0 fully saturated rings. The number of nitrogens with one attached hydrogen (secondary N) is 2. The summed E-state index contributed by atoms with van der Waals surface area (Å²) >= 11 is 0. The highest BCUT2D eigenvalue weighted by atomic mass is 32.2. The molecular formula is C30H34N4O8S. The first-order chi connectivity index (χ1) is 20.6. The van der Waals surface area contributed by atoms with Crippen molar-refractivity contribution in [3.05, 3.63) is 72.3 Å². The molecule has 2 aliphatic rings. The van der Waals surface area contributed by atoms with Crippen LogP contribution < -0.4 is 24.2 Å². The van der Waals surface area contributed by atoms with Gasteiger partial charge in [-0.1, -0.05) is 25.1 Å². The van der Waals surface area contributed by atoms with Crippen molar-refractivity contribution in [1.29, 1.82) is 0 Å². The third-order valence-electron chi connectivity index (χ3n) is 7.39. The molecule has 0 saturated carbocycles. The summed E-state index contributed by atoms with van der Waals surface area (Å²) in [5, 5.41) is 12.8. The molecule has 0 aromatic heterocycles. The van der Waals surface area contributed by atoms with Crippen molar-refractivity contribution in [3.8, 4) is 17.2 Å². The van der Waals surface area contributed by atoms with E-state index >= 15 is 0 Å². The normalized spacial score (nSPS) is 18.5. The van der Waals surface area contributed by atoms with Gasteiger partial charge in [0.25, 0.3) is 15.9 Å². The smallest absolute Gasteiger partial charge is 0.321 e. The van der Waals surface area contributed by atoms with E-state index in [1.807, 2.05) is 6.92 Å². The maximum Gasteiger partial charge on any atom is 0.321 e. The van der Waals surface area contributed by atoms with Crippen LogP contribution in [0.5, 0.6) is 17.2 Å². The molecule has 228 valence electrons. The van der Waals surface area contributed by atoms with E-state index in [2.05, 4.69) is 10.0 Å². The van der Waals surface area contributed by atoms with Crippen LogP contribution in [0.2, 0.25) is 0 Å². The first-order valence-corrected chi connectivity index (χ1v) is 15.3. The van der Waals surface area contributed by atoms with Gasteiger partial charge < -0.3 is 34.4 Å². The Bertz CT molecular complexity index is 1600. The quantitative estimate of drug-likeness (QED) is 0.351. The number of benzene rings is 3. The number of nitrogens with zero attached hydrogens (tertiary/aromatic N) is 2. The van der Waals surface area contributed by atoms with Gasteiger partial charge in [0, 0.05) is 37.0 Å². The van der Waals surface area contributed by atoms with E-state index < -0.39 is 28.1 Å². The van der Waals surface area contributed by atoms with E-state index in [4.69, 9.17) is 14.2 Å². The van der Waals surface area contributed by atoms with Crippen LogP contribution in [0.4, 0.5) is 16.2 Å². The van der Waals surface area contributed by atoms with Crippen LogP contribution in [0.15, 0.2) is 71.6 Å². The van der Waals surface area contributed by atoms with Crippen molar-refractivity contribution in [2.75, 3.05) is 43.6 Å². The van der Waals surface area contributed by atoms with Gasteiger partial charge in [-0.15, -0.1) is 0 Å². The van der Waals surface area contributed by atoms with E-state index in [0.29, 0.717) is 17.2 Å². The fraction of sp³-hybridized carbons (Fsp3) is 0.333. The van der Waals surface area contributed by atoms with Crippen molar-refractivity contribution in [2.24, 2.45) is 5.92 Å². The molecule has 2 heterocycles. The first kappa shape index (κ1) is 30.0. The maximum atomic E-state index is 13.7. The number of aliphatic hydroxyl groups excluding tert-OH is 1. The topological polar surface area (TPSA) is 147 Å². The largest absolute Gasteiger partial charge is 0.487 e. The van der Waals surface area contributed by atoms with Gasteiger partial charge in [0.1, 0.15) is 11.9 Å². The van der Waals surface area contributed by atoms with Gasteiger partial charge >= 0.3 is 6.03 Å². The third kappa shape index (κ3) is 6.62. The summed E-state index contributed by atoms with van der Waals surface area (Å²) < 4.78 is 45.4. The molecule has 5 rings (SSSR count). The zero-order chi connectivity index (χ0) is 30.7. The predicted octanol–water partition coefficient (Wildman–Crippen LogP) is 3.60. The van der Waals surface area contributed by atoms with Crippen LogP contribution in [0.1, 0.15) is 24.2 Å². The monoisotopic (exact) mass is 610 g/mol. The summed E-state index contributed by atoms with van der Waals surface area (Å²) in [6.07, 6.45) is -0.542. The van der Waals surface area contributed by atoms with Gasteiger partial charge in [-0.2, -0.15) is 0 Å². The van der Waals surface area contributed by atoms with Gasteiger partial charge in [-0.3, -0.25) is 9.52 Å². The zero-order valence-corrected chi connectivity index (χ0v) is 24.8. The molecule has 0 saturated heterocycles. The number of sulfonamides is 1. The molecule has 0 bridgehead atoms. The average molecular weight is 611 g/mol. The van der Waals surface area contributed by atoms with Crippen LogP contribution in [0, 0.1) is 5.92 Å². The molecule has 13 heteroatoms. The van der Waals surface area contributed by atoms with Gasteiger partial charge in [0.15, 0.2) is 11.5 Å². The molecule has 12 nitrogen and oxygen atoms in total. The molecule has 0 unspecified atom stereocenters. The second-order valence-corrected chi connectivity index (χ2v) is 12.3. The van der Waals surface area contributed by atoms with Gasteiger partial charge in [0.05, 0.1) is 29.7 Å². The highest BCUT2D eigenvalue weighted by molar-refractivity contribution is 7.92. The summed E-state index contributed by atoms with van der Waals surface area (Å²) in [6, 6.07) is 16.6. The van der Waals surface area contributed by atoms with Crippen LogP contribution in [-0.2, 0) is 10.0 Å². The lowest BCUT2D eigenvalue weighted by Crippen LogP contribution is -2.50. The molecule has 3 atom stereocenters. The Kier molecular flexibility index (Phi) is 8.64. The molecule has 0 aliphatic carbocycles. The Morgan fingerprint density at radius 2 is 1.74 bits per heavy atom. The van der Waals surface area contributed by atoms with Crippen LogP contribution in [0.3, 0.4) is 0 Å². The number of hydrogen-bond donors (Lipinski definition) is 3. The Labute approximate surface area is 250 Å². The van der Waals surface area contributed by atoms with E-state index in [-0.39, 0.29) is 60.3 Å². The third-order valence-corrected chi connectivity index (χ3v) is 8.79. The van der Waals surface area contributed by atoms with E-state index in [0.717, 1.165) is 0 Å². The van der Waals surface area contributed by atoms with Crippen molar-refractivity contribution >= 4 is 33.3 Å². The van der Waals surface area contributed by atoms with Crippen LogP contribution >= 0.6 is 0 Å². The number of carbonyl (C=O) groups is 2. The Morgan fingerprint density at radius 1 is 1.05 bits per heavy atom. The van der Waals surface area contributed by atoms with E-state index in [1.54, 1.807) is 55.3 Å². The Hall–Kier alpha value is -4.49. The molecule has 2 aliphatic heterocycles. The van der Waals surface area contributed by atoms with Gasteiger partial charge in [0.2, 0.25) is 6.79 Å². The standard InChI is InChI=1S/C30H34N4O8S/c1-19-15-34(20(2)17-35)29(36)24-13-22(32-43(38,39)23-7-5-4-6-8-23)10-11-25(24)42-28(19)16-33(3)30(37)31-21-9-12-26-27(14-21)41-18-40-26/h4-14,19-20,28,32,35H,15-18H2,1-3H3,(H,31,37)/t19-,20+,28+/m0/s1. The van der Waals surface area contributed by atoms with Crippen molar-refractivity contribution < 1.29 is 37.3 Å². The Balaban J connectivity index is 1.38. The molecule has 43 heavy (non-hydrogen) atoms. The molecular weight excluding hydrogens is 576 g/mol. The second kappa shape index (κ2) is 12.4. The average Bonchev–Trinajstić information content (AvgIpc) is 3.47. The predicted molar refractivity (Wildman–Crippen MR) is 159 cm³/mol. The van der Waals surface area contributed by atoms with Gasteiger partial charge in [-0.25, -0.2) is 13.2 Å². The lowest BCUT2D eigenvalue weighted by molar-refractivity contribution is 0.0371. The summed E-state index contributed by atoms with van der Waals surface area (Å²) in [5.41, 5.74) is 0.858. The summed E-state index contributed by atoms with van der Waals surface area (Å²) in [4.78, 5) is 29.9. The number of rotatable bonds is 8. The summed E-state index contributed by atoms with van der Waals surface area (Å²) in [7, 11) is -2.27. The number of fused-ring (bicyclic) bond motifs is 2. The first-order valence-electron chi connectivity index (χ1n) is 13.8. The minimum atomic E-state index is -3.90. The fourth-order valence-electron chi connectivity index (χ4n) is 4.86. The highest BCUT2D eigenvalue weighted by Crippen LogP contribution is 2.35. The zero-order valence-electron chi connectivity index (χ0n) is 24.0. The summed E-state index contributed by atoms with van der Waals surface area (Å²) in [6.45, 7) is 3.91. The number of ether oxygens (including phenoxy) is 3. The number of carbonyl (C=O) groups excluding carboxylic acids is 2. The van der Waals surface area contributed by atoms with Gasteiger partial charge in [-0.05, 0) is 49.4 Å². The number of hydrogen-bond acceptors (Lipinski definition) is 8. The van der Waals surface area contributed by atoms with Crippen LogP contribution in [0.25, 0.3) is 0 Å². The molecule has 3 aromatic rings. The SMILES string of the molecule is C[C@H](CO)N1C[C@H](C)[C@@H](CN(C)C(=O)Nc2ccc3c(c2)OCO3)Oc2ccc(NS(=O)(=O)c3ccccc3)cc2C1=O. The lowest BCUT2D eigenvalue weighted by Gasteiger charge is -2.38. The lowest BCUT2D eigenvalue weighted by atomic mass is 9.99. The van der Waals surface area contributed by atoms with E-state index in [1.165, 1.54) is 35.2 Å². The number of anilines is 2. The van der Waals surface area contributed by atoms with E-state index in [9.17, 15) is 23.1 Å². The number of aliphatic hydroxyl groups is 1. The van der Waals surface area contributed by atoms with Crippen molar-refractivity contribution in [3.63, 3.8) is 0 Å². The molecule has 0 spiro atoms. The minimum absolute atomic E-state index is 0.0794. The fourth-order valence-corrected chi connectivity index (χ4v) is 5.93. The minimum Gasteiger partial charge on any atom is -0.487 e. The number of amides is 3. The highest BCUT2D eigenvalue weighted by Gasteiger charge is 2.34. The number of urea groups is 1. The molecule has 3 amide bonds. The number of likely N-dealkylation sites (N-methyl/N-ethyl adjacent to an activating group) is 1.